The summed E-state index contributed by atoms with van der Waals surface area (Å²) in [6, 6.07) is 0. The molecule has 0 saturated heterocycles. The van der Waals surface area contributed by atoms with Crippen LogP contribution in [0.2, 0.25) is 5.15 Å². The molecule has 0 N–H and O–H groups in total. The number of rotatable bonds is 1. The van der Waals surface area contributed by atoms with E-state index in [4.69, 9.17) is 11.6 Å². The lowest BCUT2D eigenvalue weighted by atomic mass is 10.1. The third-order valence-corrected chi connectivity index (χ3v) is 1.96. The minimum Gasteiger partial charge on any atom is -0.274 e. The van der Waals surface area contributed by atoms with Gasteiger partial charge in [0.05, 0.1) is 0 Å². The zero-order valence-corrected chi connectivity index (χ0v) is 8.45. The zero-order valence-electron chi connectivity index (χ0n) is 6.80. The number of aromatic nitrogens is 2. The Morgan fingerprint density at radius 1 is 1.64 bits per heavy atom. The molecular weight excluding hydrogens is 180 g/mol. The van der Waals surface area contributed by atoms with E-state index < -0.39 is 0 Å². The molecule has 1 heterocycles. The molecule has 1 aromatic heterocycles. The van der Waals surface area contributed by atoms with Gasteiger partial charge in [0.1, 0.15) is 0 Å². The van der Waals surface area contributed by atoms with Gasteiger partial charge in [0.2, 0.25) is 0 Å². The summed E-state index contributed by atoms with van der Waals surface area (Å²) in [6.45, 7) is 3.97. The van der Waals surface area contributed by atoms with Crippen molar-refractivity contribution in [1.29, 1.82) is 0 Å². The summed E-state index contributed by atoms with van der Waals surface area (Å²) in [4.78, 5) is 0. The smallest absolute Gasteiger partial charge is 0.155 e. The Labute approximate surface area is 77.0 Å². The van der Waals surface area contributed by atoms with Crippen molar-refractivity contribution in [3.05, 3.63) is 16.9 Å². The molecule has 0 aromatic carbocycles. The Morgan fingerprint density at radius 3 is 2.36 bits per heavy atom. The first-order valence-corrected chi connectivity index (χ1v) is 4.16. The molecule has 62 valence electrons. The molecule has 0 amide bonds. The SMILES string of the molecule is Cn1cc(C(C)(C)S)c(Cl)n1. The van der Waals surface area contributed by atoms with E-state index in [1.54, 1.807) is 4.68 Å². The molecule has 0 aliphatic heterocycles. The predicted octanol–water partition coefficient (Wildman–Crippen LogP) is 2.24. The summed E-state index contributed by atoms with van der Waals surface area (Å²) in [5.41, 5.74) is 0.963. The summed E-state index contributed by atoms with van der Waals surface area (Å²) in [7, 11) is 1.84. The Balaban J connectivity index is 3.13. The van der Waals surface area contributed by atoms with Crippen LogP contribution in [0.4, 0.5) is 0 Å². The van der Waals surface area contributed by atoms with Gasteiger partial charge in [-0.15, -0.1) is 0 Å². The van der Waals surface area contributed by atoms with Crippen LogP contribution in [-0.2, 0) is 11.8 Å². The summed E-state index contributed by atoms with van der Waals surface area (Å²) < 4.78 is 1.47. The molecule has 11 heavy (non-hydrogen) atoms. The molecule has 0 radical (unpaired) electrons. The van der Waals surface area contributed by atoms with E-state index in [2.05, 4.69) is 17.7 Å². The maximum atomic E-state index is 5.85. The topological polar surface area (TPSA) is 17.8 Å². The molecule has 2 nitrogen and oxygen atoms in total. The lowest BCUT2D eigenvalue weighted by molar-refractivity contribution is 0.758. The van der Waals surface area contributed by atoms with E-state index in [-0.39, 0.29) is 4.75 Å². The van der Waals surface area contributed by atoms with Crippen LogP contribution in [0.3, 0.4) is 0 Å². The van der Waals surface area contributed by atoms with Crippen molar-refractivity contribution < 1.29 is 0 Å². The molecular formula is C7H11ClN2S. The van der Waals surface area contributed by atoms with E-state index in [9.17, 15) is 0 Å². The quantitative estimate of drug-likeness (QED) is 0.673. The van der Waals surface area contributed by atoms with Gasteiger partial charge in [-0.2, -0.15) is 17.7 Å². The fourth-order valence-corrected chi connectivity index (χ4v) is 1.51. The molecule has 0 aliphatic rings. The van der Waals surface area contributed by atoms with E-state index in [1.165, 1.54) is 0 Å². The van der Waals surface area contributed by atoms with Gasteiger partial charge in [0.15, 0.2) is 5.15 Å². The van der Waals surface area contributed by atoms with E-state index in [1.807, 2.05) is 27.1 Å². The van der Waals surface area contributed by atoms with Crippen molar-refractivity contribution in [1.82, 2.24) is 9.78 Å². The Morgan fingerprint density at radius 2 is 2.18 bits per heavy atom. The van der Waals surface area contributed by atoms with Gasteiger partial charge in [-0.1, -0.05) is 11.6 Å². The summed E-state index contributed by atoms with van der Waals surface area (Å²) >= 11 is 10.2. The number of halogens is 1. The Hall–Kier alpha value is -0.150. The molecule has 0 unspecified atom stereocenters. The maximum Gasteiger partial charge on any atom is 0.155 e. The molecule has 0 fully saturated rings. The van der Waals surface area contributed by atoms with Crippen LogP contribution in [0.15, 0.2) is 6.20 Å². The van der Waals surface area contributed by atoms with Crippen molar-refractivity contribution in [3.63, 3.8) is 0 Å². The fraction of sp³-hybridized carbons (Fsp3) is 0.571. The lowest BCUT2D eigenvalue weighted by Crippen LogP contribution is -2.06. The average molecular weight is 191 g/mol. The average Bonchev–Trinajstić information content (AvgIpc) is 2.08. The Kier molecular flexibility index (Phi) is 2.21. The molecule has 0 bridgehead atoms. The molecule has 0 aliphatic carbocycles. The van der Waals surface area contributed by atoms with E-state index in [0.29, 0.717) is 5.15 Å². The highest BCUT2D eigenvalue weighted by Crippen LogP contribution is 2.31. The van der Waals surface area contributed by atoms with Crippen molar-refractivity contribution >= 4 is 24.2 Å². The molecule has 0 spiro atoms. The van der Waals surface area contributed by atoms with Crippen LogP contribution in [0, 0.1) is 0 Å². The lowest BCUT2D eigenvalue weighted by Gasteiger charge is -2.14. The van der Waals surface area contributed by atoms with Gasteiger partial charge < -0.3 is 0 Å². The monoisotopic (exact) mass is 190 g/mol. The predicted molar refractivity (Wildman–Crippen MR) is 50.2 cm³/mol. The highest BCUT2D eigenvalue weighted by Gasteiger charge is 2.20. The highest BCUT2D eigenvalue weighted by atomic mass is 35.5. The van der Waals surface area contributed by atoms with E-state index >= 15 is 0 Å². The van der Waals surface area contributed by atoms with Gasteiger partial charge >= 0.3 is 0 Å². The first kappa shape index (κ1) is 8.94. The minimum atomic E-state index is -0.217. The normalized spacial score (nSPS) is 12.1. The van der Waals surface area contributed by atoms with Crippen LogP contribution in [-0.4, -0.2) is 9.78 Å². The molecule has 0 saturated carbocycles. The van der Waals surface area contributed by atoms with Crippen LogP contribution < -0.4 is 0 Å². The zero-order chi connectivity index (χ0) is 8.65. The van der Waals surface area contributed by atoms with E-state index in [0.717, 1.165) is 5.56 Å². The molecule has 4 heteroatoms. The summed E-state index contributed by atoms with van der Waals surface area (Å²) in [5, 5.41) is 4.55. The molecule has 1 aromatic rings. The number of hydrogen-bond donors (Lipinski definition) is 1. The van der Waals surface area contributed by atoms with Crippen molar-refractivity contribution in [2.24, 2.45) is 7.05 Å². The number of nitrogens with zero attached hydrogens (tertiary/aromatic N) is 2. The van der Waals surface area contributed by atoms with Crippen LogP contribution in [0.25, 0.3) is 0 Å². The molecule has 1 rings (SSSR count). The minimum absolute atomic E-state index is 0.217. The number of hydrogen-bond acceptors (Lipinski definition) is 2. The Bertz CT molecular complexity index is 262. The summed E-state index contributed by atoms with van der Waals surface area (Å²) in [6.07, 6.45) is 1.88. The number of thiol groups is 1. The van der Waals surface area contributed by atoms with Crippen molar-refractivity contribution in [2.75, 3.05) is 0 Å². The number of aryl methyl sites for hydroxylation is 1. The van der Waals surface area contributed by atoms with Crippen molar-refractivity contribution in [3.8, 4) is 0 Å². The van der Waals surface area contributed by atoms with Crippen LogP contribution in [0.1, 0.15) is 19.4 Å². The van der Waals surface area contributed by atoms with Crippen molar-refractivity contribution in [2.45, 2.75) is 18.6 Å². The largest absolute Gasteiger partial charge is 0.274 e. The second-order valence-corrected chi connectivity index (χ2v) is 4.54. The van der Waals surface area contributed by atoms with Gasteiger partial charge in [0.25, 0.3) is 0 Å². The van der Waals surface area contributed by atoms with Gasteiger partial charge in [-0.3, -0.25) is 4.68 Å². The van der Waals surface area contributed by atoms with Crippen LogP contribution >= 0.6 is 24.2 Å². The van der Waals surface area contributed by atoms with Gasteiger partial charge in [-0.25, -0.2) is 0 Å². The second-order valence-electron chi connectivity index (χ2n) is 3.07. The standard InChI is InChI=1S/C7H11ClN2S/c1-7(2,11)5-4-10(3)9-6(5)8/h4,11H,1-3H3. The third kappa shape index (κ3) is 1.91. The molecule has 0 atom stereocenters. The van der Waals surface area contributed by atoms with Gasteiger partial charge in [-0.05, 0) is 13.8 Å². The first-order chi connectivity index (χ1) is 4.91. The summed E-state index contributed by atoms with van der Waals surface area (Å²) in [5.74, 6) is 0. The fourth-order valence-electron chi connectivity index (χ4n) is 0.872. The second kappa shape index (κ2) is 2.72. The first-order valence-electron chi connectivity index (χ1n) is 3.33. The van der Waals surface area contributed by atoms with Crippen LogP contribution in [0.5, 0.6) is 0 Å². The van der Waals surface area contributed by atoms with Gasteiger partial charge in [0, 0.05) is 23.6 Å². The third-order valence-electron chi connectivity index (χ3n) is 1.44. The maximum absolute atomic E-state index is 5.85. The highest BCUT2D eigenvalue weighted by molar-refractivity contribution is 7.81.